The highest BCUT2D eigenvalue weighted by molar-refractivity contribution is 7.80. The quantitative estimate of drug-likeness (QED) is 0.440. The van der Waals surface area contributed by atoms with Crippen molar-refractivity contribution in [3.63, 3.8) is 0 Å². The maximum atomic E-state index is 12.4. The first-order valence-corrected chi connectivity index (χ1v) is 10.6. The maximum Gasteiger partial charge on any atom is 0.257 e. The lowest BCUT2D eigenvalue weighted by atomic mass is 10.1. The molecule has 0 unspecified atom stereocenters. The summed E-state index contributed by atoms with van der Waals surface area (Å²) in [6.07, 6.45) is 2.10. The van der Waals surface area contributed by atoms with Crippen molar-refractivity contribution < 1.29 is 9.53 Å². The minimum atomic E-state index is -0.250. The van der Waals surface area contributed by atoms with Crippen LogP contribution in [0.25, 0.3) is 0 Å². The highest BCUT2D eigenvalue weighted by atomic mass is 32.1. The molecule has 2 aromatic rings. The number of benzene rings is 2. The number of nitrogens with zero attached hydrogens (tertiary/aromatic N) is 1. The summed E-state index contributed by atoms with van der Waals surface area (Å²) in [5, 5.41) is 6.12. The second-order valence-electron chi connectivity index (χ2n) is 6.81. The third-order valence-electron chi connectivity index (χ3n) is 4.70. The van der Waals surface area contributed by atoms with Crippen LogP contribution >= 0.6 is 12.2 Å². The number of hydrogen-bond acceptors (Lipinski definition) is 4. The Morgan fingerprint density at radius 3 is 2.34 bits per heavy atom. The van der Waals surface area contributed by atoms with Crippen LogP contribution in [0.1, 0.15) is 49.5 Å². The number of ether oxygens (including phenoxy) is 1. The van der Waals surface area contributed by atoms with E-state index in [0.29, 0.717) is 12.2 Å². The fourth-order valence-corrected chi connectivity index (χ4v) is 3.14. The number of amides is 1. The van der Waals surface area contributed by atoms with E-state index >= 15 is 0 Å². The average molecular weight is 414 g/mol. The van der Waals surface area contributed by atoms with Crippen LogP contribution in [-0.2, 0) is 0 Å². The molecular formula is C23H31N3O2S. The Kier molecular flexibility index (Phi) is 8.93. The summed E-state index contributed by atoms with van der Waals surface area (Å²) in [5.74, 6) is 0.514. The molecule has 156 valence electrons. The van der Waals surface area contributed by atoms with Crippen molar-refractivity contribution in [2.45, 2.75) is 40.5 Å². The third-order valence-corrected chi connectivity index (χ3v) is 4.90. The van der Waals surface area contributed by atoms with Crippen LogP contribution in [0, 0.1) is 6.92 Å². The van der Waals surface area contributed by atoms with Crippen LogP contribution in [0.5, 0.6) is 5.75 Å². The fraction of sp³-hybridized carbons (Fsp3) is 0.391. The van der Waals surface area contributed by atoms with Gasteiger partial charge in [-0.25, -0.2) is 0 Å². The molecule has 0 saturated heterocycles. The summed E-state index contributed by atoms with van der Waals surface area (Å²) in [4.78, 5) is 14.7. The smallest absolute Gasteiger partial charge is 0.257 e. The Bertz CT molecular complexity index is 817. The predicted octanol–water partition coefficient (Wildman–Crippen LogP) is 5.15. The molecular weight excluding hydrogens is 382 g/mol. The van der Waals surface area contributed by atoms with Gasteiger partial charge in [0.1, 0.15) is 5.75 Å². The molecule has 0 aliphatic carbocycles. The monoisotopic (exact) mass is 413 g/mol. The Morgan fingerprint density at radius 2 is 1.76 bits per heavy atom. The van der Waals surface area contributed by atoms with Crippen molar-refractivity contribution in [1.82, 2.24) is 5.32 Å². The summed E-state index contributed by atoms with van der Waals surface area (Å²) in [7, 11) is 0. The number of carbonyl (C=O) groups is 1. The molecule has 5 nitrogen and oxygen atoms in total. The summed E-state index contributed by atoms with van der Waals surface area (Å²) in [6.45, 7) is 11.0. The molecule has 0 heterocycles. The van der Waals surface area contributed by atoms with E-state index in [1.807, 2.05) is 13.0 Å². The largest absolute Gasteiger partial charge is 0.494 e. The molecule has 1 amide bonds. The van der Waals surface area contributed by atoms with Crippen LogP contribution in [0.3, 0.4) is 0 Å². The second kappa shape index (κ2) is 11.4. The molecule has 0 aliphatic heterocycles. The lowest BCUT2D eigenvalue weighted by Crippen LogP contribution is -2.34. The molecule has 0 spiro atoms. The molecule has 0 aromatic heterocycles. The second-order valence-corrected chi connectivity index (χ2v) is 7.21. The maximum absolute atomic E-state index is 12.4. The van der Waals surface area contributed by atoms with Gasteiger partial charge < -0.3 is 15.0 Å². The number of aryl methyl sites for hydroxylation is 1. The Labute approximate surface area is 179 Å². The zero-order chi connectivity index (χ0) is 21.2. The van der Waals surface area contributed by atoms with E-state index in [-0.39, 0.29) is 11.0 Å². The Morgan fingerprint density at radius 1 is 1.07 bits per heavy atom. The number of hydrogen-bond donors (Lipinski definition) is 2. The van der Waals surface area contributed by atoms with Crippen molar-refractivity contribution in [3.8, 4) is 5.75 Å². The standard InChI is InChI=1S/C23H31N3O2S/c1-5-8-15-28-20-12-9-18(10-13-20)22(27)25-23(29)24-21-14-11-19(16-17(21)4)26(6-2)7-3/h9-14,16H,5-8,15H2,1-4H3,(H2,24,25,27,29). The van der Waals surface area contributed by atoms with E-state index < -0.39 is 0 Å². The minimum Gasteiger partial charge on any atom is -0.494 e. The highest BCUT2D eigenvalue weighted by Crippen LogP contribution is 2.22. The van der Waals surface area contributed by atoms with Gasteiger partial charge in [-0.1, -0.05) is 13.3 Å². The molecule has 2 rings (SSSR count). The van der Waals surface area contributed by atoms with Crippen molar-refractivity contribution in [3.05, 3.63) is 53.6 Å². The molecule has 0 atom stereocenters. The lowest BCUT2D eigenvalue weighted by Gasteiger charge is -2.22. The predicted molar refractivity (Wildman–Crippen MR) is 125 cm³/mol. The number of nitrogens with one attached hydrogen (secondary N) is 2. The zero-order valence-corrected chi connectivity index (χ0v) is 18.6. The van der Waals surface area contributed by atoms with E-state index in [1.54, 1.807) is 24.3 Å². The molecule has 0 bridgehead atoms. The summed E-state index contributed by atoms with van der Waals surface area (Å²) >= 11 is 5.32. The van der Waals surface area contributed by atoms with Crippen molar-refractivity contribution in [2.75, 3.05) is 29.9 Å². The summed E-state index contributed by atoms with van der Waals surface area (Å²) < 4.78 is 5.62. The topological polar surface area (TPSA) is 53.6 Å². The van der Waals surface area contributed by atoms with Crippen molar-refractivity contribution >= 4 is 34.6 Å². The molecule has 0 saturated carbocycles. The molecule has 0 radical (unpaired) electrons. The van der Waals surface area contributed by atoms with Crippen LogP contribution in [0.2, 0.25) is 0 Å². The van der Waals surface area contributed by atoms with Crippen molar-refractivity contribution in [1.29, 1.82) is 0 Å². The Balaban J connectivity index is 1.94. The third kappa shape index (κ3) is 6.75. The number of thiocarbonyl (C=S) groups is 1. The van der Waals surface area contributed by atoms with Gasteiger partial charge in [-0.3, -0.25) is 10.1 Å². The van der Waals surface area contributed by atoms with E-state index in [2.05, 4.69) is 48.4 Å². The first kappa shape index (κ1) is 22.7. The molecule has 29 heavy (non-hydrogen) atoms. The van der Waals surface area contributed by atoms with E-state index in [9.17, 15) is 4.79 Å². The SMILES string of the molecule is CCCCOc1ccc(C(=O)NC(=S)Nc2ccc(N(CC)CC)cc2C)cc1. The summed E-state index contributed by atoms with van der Waals surface area (Å²) in [6, 6.07) is 13.3. The van der Waals surface area contributed by atoms with Crippen LogP contribution in [0.15, 0.2) is 42.5 Å². The average Bonchev–Trinajstić information content (AvgIpc) is 2.71. The van der Waals surface area contributed by atoms with Crippen LogP contribution in [0.4, 0.5) is 11.4 Å². The fourth-order valence-electron chi connectivity index (χ4n) is 2.94. The zero-order valence-electron chi connectivity index (χ0n) is 17.7. The van der Waals surface area contributed by atoms with Crippen LogP contribution in [-0.4, -0.2) is 30.7 Å². The molecule has 2 N–H and O–H groups in total. The number of unbranched alkanes of at least 4 members (excludes halogenated alkanes) is 1. The van der Waals surface area contributed by atoms with Gasteiger partial charge in [0.2, 0.25) is 0 Å². The summed E-state index contributed by atoms with van der Waals surface area (Å²) in [5.41, 5.74) is 3.66. The highest BCUT2D eigenvalue weighted by Gasteiger charge is 2.10. The molecule has 6 heteroatoms. The molecule has 2 aromatic carbocycles. The first-order valence-electron chi connectivity index (χ1n) is 10.2. The van der Waals surface area contributed by atoms with E-state index in [4.69, 9.17) is 17.0 Å². The van der Waals surface area contributed by atoms with Crippen LogP contribution < -0.4 is 20.3 Å². The number of rotatable bonds is 9. The molecule has 0 aliphatic rings. The van der Waals surface area contributed by atoms with E-state index in [0.717, 1.165) is 42.9 Å². The first-order chi connectivity index (χ1) is 14.0. The van der Waals surface area contributed by atoms with Crippen molar-refractivity contribution in [2.24, 2.45) is 0 Å². The molecule has 0 fully saturated rings. The van der Waals surface area contributed by atoms with Gasteiger partial charge in [0.05, 0.1) is 6.61 Å². The van der Waals surface area contributed by atoms with Gasteiger partial charge in [-0.15, -0.1) is 0 Å². The van der Waals surface area contributed by atoms with Gasteiger partial charge in [-0.2, -0.15) is 0 Å². The van der Waals surface area contributed by atoms with Gasteiger partial charge in [0.15, 0.2) is 5.11 Å². The lowest BCUT2D eigenvalue weighted by molar-refractivity contribution is 0.0977. The van der Waals surface area contributed by atoms with Gasteiger partial charge >= 0.3 is 0 Å². The normalized spacial score (nSPS) is 10.3. The van der Waals surface area contributed by atoms with Gasteiger partial charge in [0.25, 0.3) is 5.91 Å². The Hall–Kier alpha value is -2.60. The number of carbonyl (C=O) groups excluding carboxylic acids is 1. The minimum absolute atomic E-state index is 0.250. The van der Waals surface area contributed by atoms with E-state index in [1.165, 1.54) is 5.69 Å². The number of anilines is 2. The van der Waals surface area contributed by atoms with Gasteiger partial charge in [-0.05, 0) is 87.4 Å². The van der Waals surface area contributed by atoms with Gasteiger partial charge in [0, 0.05) is 30.0 Å².